The molecule has 0 spiro atoms. The Morgan fingerprint density at radius 2 is 1.73 bits per heavy atom. The second kappa shape index (κ2) is 7.22. The molecule has 0 saturated carbocycles. The second-order valence-electron chi connectivity index (χ2n) is 5.04. The van der Waals surface area contributed by atoms with E-state index in [1.54, 1.807) is 6.07 Å². The molecule has 0 radical (unpaired) electrons. The maximum Gasteiger partial charge on any atom is 0.313 e. The number of carbonyl (C=O) groups excluding carboxylic acids is 2. The fourth-order valence-corrected chi connectivity index (χ4v) is 2.58. The number of carbonyl (C=O) groups is 2. The molecule has 2 aromatic rings. The van der Waals surface area contributed by atoms with Gasteiger partial charge in [-0.1, -0.05) is 36.4 Å². The lowest BCUT2D eigenvalue weighted by molar-refractivity contribution is -0.136. The summed E-state index contributed by atoms with van der Waals surface area (Å²) in [6, 6.07) is 14.7. The number of anilines is 1. The molecular formula is C17H17BrN2O2. The number of nitrogens with one attached hydrogen (secondary N) is 2. The van der Waals surface area contributed by atoms with Crippen LogP contribution < -0.4 is 10.6 Å². The van der Waals surface area contributed by atoms with E-state index in [1.807, 2.05) is 56.3 Å². The second-order valence-corrected chi connectivity index (χ2v) is 5.90. The van der Waals surface area contributed by atoms with Crippen molar-refractivity contribution >= 4 is 33.4 Å². The Morgan fingerprint density at radius 1 is 1.05 bits per heavy atom. The van der Waals surface area contributed by atoms with Gasteiger partial charge >= 0.3 is 11.8 Å². The molecule has 0 aliphatic heterocycles. The van der Waals surface area contributed by atoms with Gasteiger partial charge in [0.05, 0.1) is 11.7 Å². The lowest BCUT2D eigenvalue weighted by atomic mass is 10.1. The van der Waals surface area contributed by atoms with E-state index in [2.05, 4.69) is 26.6 Å². The standard InChI is InChI=1S/C17H17BrN2O2/c1-11-8-9-15(14(18)10-11)20-17(22)16(21)19-12(2)13-6-4-3-5-7-13/h3-10,12H,1-2H3,(H,19,21)(H,20,22)/t12-/m1/s1. The van der Waals surface area contributed by atoms with Gasteiger partial charge in [0.2, 0.25) is 0 Å². The van der Waals surface area contributed by atoms with Crippen molar-refractivity contribution in [3.05, 3.63) is 64.1 Å². The molecule has 114 valence electrons. The predicted octanol–water partition coefficient (Wildman–Crippen LogP) is 3.57. The third-order valence-corrected chi connectivity index (χ3v) is 3.88. The van der Waals surface area contributed by atoms with Crippen molar-refractivity contribution < 1.29 is 9.59 Å². The molecule has 2 aromatic carbocycles. The summed E-state index contributed by atoms with van der Waals surface area (Å²) in [4.78, 5) is 23.9. The Hall–Kier alpha value is -2.14. The van der Waals surface area contributed by atoms with E-state index in [-0.39, 0.29) is 6.04 Å². The fraction of sp³-hybridized carbons (Fsp3) is 0.176. The lowest BCUT2D eigenvalue weighted by Crippen LogP contribution is -2.36. The molecule has 0 bridgehead atoms. The first kappa shape index (κ1) is 16.2. The zero-order chi connectivity index (χ0) is 16.1. The van der Waals surface area contributed by atoms with Gasteiger partial charge < -0.3 is 10.6 Å². The van der Waals surface area contributed by atoms with Crippen LogP contribution in [0.2, 0.25) is 0 Å². The summed E-state index contributed by atoms with van der Waals surface area (Å²) >= 11 is 3.37. The average molecular weight is 361 g/mol. The molecule has 2 rings (SSSR count). The lowest BCUT2D eigenvalue weighted by Gasteiger charge is -2.14. The molecule has 0 unspecified atom stereocenters. The number of aryl methyl sites for hydroxylation is 1. The normalized spacial score (nSPS) is 11.6. The molecular weight excluding hydrogens is 344 g/mol. The maximum absolute atomic E-state index is 12.0. The number of halogens is 1. The minimum atomic E-state index is -0.688. The van der Waals surface area contributed by atoms with Crippen LogP contribution in [0.25, 0.3) is 0 Å². The summed E-state index contributed by atoms with van der Waals surface area (Å²) in [6.07, 6.45) is 0. The minimum Gasteiger partial charge on any atom is -0.341 e. The van der Waals surface area contributed by atoms with Gasteiger partial charge in [-0.05, 0) is 53.0 Å². The molecule has 4 nitrogen and oxygen atoms in total. The summed E-state index contributed by atoms with van der Waals surface area (Å²) in [7, 11) is 0. The Labute approximate surface area is 138 Å². The number of benzene rings is 2. The van der Waals surface area contributed by atoms with Gasteiger partial charge in [0.15, 0.2) is 0 Å². The van der Waals surface area contributed by atoms with Crippen LogP contribution in [0.1, 0.15) is 24.1 Å². The SMILES string of the molecule is Cc1ccc(NC(=O)C(=O)N[C@H](C)c2ccccc2)c(Br)c1. The third kappa shape index (κ3) is 4.18. The maximum atomic E-state index is 12.0. The Morgan fingerprint density at radius 3 is 2.36 bits per heavy atom. The van der Waals surface area contributed by atoms with Crippen molar-refractivity contribution in [2.75, 3.05) is 5.32 Å². The van der Waals surface area contributed by atoms with Crippen molar-refractivity contribution in [1.29, 1.82) is 0 Å². The van der Waals surface area contributed by atoms with Gasteiger partial charge in [-0.15, -0.1) is 0 Å². The average Bonchev–Trinajstić information content (AvgIpc) is 2.50. The van der Waals surface area contributed by atoms with Crippen molar-refractivity contribution in [2.45, 2.75) is 19.9 Å². The van der Waals surface area contributed by atoms with E-state index in [0.717, 1.165) is 15.6 Å². The van der Waals surface area contributed by atoms with Gasteiger partial charge in [0.25, 0.3) is 0 Å². The van der Waals surface area contributed by atoms with Crippen molar-refractivity contribution in [3.63, 3.8) is 0 Å². The Balaban J connectivity index is 1.99. The van der Waals surface area contributed by atoms with Crippen molar-refractivity contribution in [2.24, 2.45) is 0 Å². The van der Waals surface area contributed by atoms with E-state index in [0.29, 0.717) is 5.69 Å². The minimum absolute atomic E-state index is 0.235. The van der Waals surface area contributed by atoms with Gasteiger partial charge in [-0.2, -0.15) is 0 Å². The van der Waals surface area contributed by atoms with Crippen LogP contribution in [0.3, 0.4) is 0 Å². The Kier molecular flexibility index (Phi) is 5.33. The van der Waals surface area contributed by atoms with E-state index < -0.39 is 11.8 Å². The van der Waals surface area contributed by atoms with Crippen LogP contribution in [0.5, 0.6) is 0 Å². The molecule has 0 aromatic heterocycles. The molecule has 0 aliphatic rings. The van der Waals surface area contributed by atoms with Gasteiger partial charge in [-0.3, -0.25) is 9.59 Å². The highest BCUT2D eigenvalue weighted by Gasteiger charge is 2.17. The number of rotatable bonds is 3. The highest BCUT2D eigenvalue weighted by atomic mass is 79.9. The highest BCUT2D eigenvalue weighted by molar-refractivity contribution is 9.10. The molecule has 22 heavy (non-hydrogen) atoms. The molecule has 2 N–H and O–H groups in total. The largest absolute Gasteiger partial charge is 0.341 e. The van der Waals surface area contributed by atoms with Crippen molar-refractivity contribution in [1.82, 2.24) is 5.32 Å². The van der Waals surface area contributed by atoms with Gasteiger partial charge in [-0.25, -0.2) is 0 Å². The smallest absolute Gasteiger partial charge is 0.313 e. The highest BCUT2D eigenvalue weighted by Crippen LogP contribution is 2.23. The van der Waals surface area contributed by atoms with E-state index >= 15 is 0 Å². The summed E-state index contributed by atoms with van der Waals surface area (Å²) in [6.45, 7) is 3.78. The Bertz CT molecular complexity index is 686. The van der Waals surface area contributed by atoms with Crippen LogP contribution in [0.4, 0.5) is 5.69 Å². The van der Waals surface area contributed by atoms with Crippen LogP contribution in [0, 0.1) is 6.92 Å². The first-order valence-electron chi connectivity index (χ1n) is 6.90. The van der Waals surface area contributed by atoms with E-state index in [4.69, 9.17) is 0 Å². The van der Waals surface area contributed by atoms with E-state index in [1.165, 1.54) is 0 Å². The molecule has 0 saturated heterocycles. The van der Waals surface area contributed by atoms with Crippen LogP contribution in [0.15, 0.2) is 53.0 Å². The number of hydrogen-bond acceptors (Lipinski definition) is 2. The molecule has 0 fully saturated rings. The summed E-state index contributed by atoms with van der Waals surface area (Å²) in [5.74, 6) is -1.35. The molecule has 2 amide bonds. The molecule has 1 atom stereocenters. The summed E-state index contributed by atoms with van der Waals surface area (Å²) in [5, 5.41) is 5.28. The summed E-state index contributed by atoms with van der Waals surface area (Å²) in [5.41, 5.74) is 2.57. The van der Waals surface area contributed by atoms with Crippen molar-refractivity contribution in [3.8, 4) is 0 Å². The monoisotopic (exact) mass is 360 g/mol. The topological polar surface area (TPSA) is 58.2 Å². The number of hydrogen-bond donors (Lipinski definition) is 2. The first-order chi connectivity index (χ1) is 10.5. The molecule has 0 aliphatic carbocycles. The van der Waals surface area contributed by atoms with Gasteiger partial charge in [0.1, 0.15) is 0 Å². The van der Waals surface area contributed by atoms with Crippen LogP contribution in [-0.2, 0) is 9.59 Å². The first-order valence-corrected chi connectivity index (χ1v) is 7.69. The van der Waals surface area contributed by atoms with Gasteiger partial charge in [0, 0.05) is 4.47 Å². The summed E-state index contributed by atoms with van der Waals surface area (Å²) < 4.78 is 0.741. The van der Waals surface area contributed by atoms with Crippen LogP contribution in [-0.4, -0.2) is 11.8 Å². The zero-order valence-electron chi connectivity index (χ0n) is 12.4. The fourth-order valence-electron chi connectivity index (χ4n) is 1.99. The number of amides is 2. The quantitative estimate of drug-likeness (QED) is 0.822. The predicted molar refractivity (Wildman–Crippen MR) is 90.5 cm³/mol. The molecule has 5 heteroatoms. The van der Waals surface area contributed by atoms with Crippen LogP contribution >= 0.6 is 15.9 Å². The zero-order valence-corrected chi connectivity index (χ0v) is 14.0. The van der Waals surface area contributed by atoms with E-state index in [9.17, 15) is 9.59 Å². The molecule has 0 heterocycles. The third-order valence-electron chi connectivity index (χ3n) is 3.23.